The molecule has 15 heavy (non-hydrogen) atoms. The van der Waals surface area contributed by atoms with Crippen molar-refractivity contribution < 1.29 is 0 Å². The molecule has 0 radical (unpaired) electrons. The fourth-order valence-electron chi connectivity index (χ4n) is 3.18. The molecule has 3 heteroatoms. The third kappa shape index (κ3) is 1.41. The third-order valence-electron chi connectivity index (χ3n) is 4.37. The Hall–Kier alpha value is -0.830. The number of nitrogens with zero attached hydrogens (tertiary/aromatic N) is 2. The zero-order valence-corrected chi connectivity index (χ0v) is 9.90. The lowest BCUT2D eigenvalue weighted by molar-refractivity contribution is 0.0438. The number of nitrogens with two attached hydrogens (primary N) is 1. The minimum absolute atomic E-state index is 0.322. The Bertz CT molecular complexity index is 338. The lowest BCUT2D eigenvalue weighted by Crippen LogP contribution is -2.55. The number of rotatable bonds is 3. The molecule has 1 aromatic heterocycles. The molecular weight excluding hydrogens is 186 g/mol. The smallest absolute Gasteiger partial charge is 0.0524 e. The van der Waals surface area contributed by atoms with E-state index in [-0.39, 0.29) is 0 Å². The SMILES string of the molecule is CCC1(CC)C(N)CC1c1cnn(C)c1. The van der Waals surface area contributed by atoms with E-state index in [1.165, 1.54) is 18.4 Å². The Kier molecular flexibility index (Phi) is 2.59. The molecule has 2 rings (SSSR count). The van der Waals surface area contributed by atoms with Crippen LogP contribution in [0.5, 0.6) is 0 Å². The van der Waals surface area contributed by atoms with Gasteiger partial charge >= 0.3 is 0 Å². The maximum Gasteiger partial charge on any atom is 0.0524 e. The molecule has 2 atom stereocenters. The normalized spacial score (nSPS) is 28.8. The molecular formula is C12H21N3. The fraction of sp³-hybridized carbons (Fsp3) is 0.750. The summed E-state index contributed by atoms with van der Waals surface area (Å²) in [6.07, 6.45) is 7.59. The number of hydrogen-bond acceptors (Lipinski definition) is 2. The molecule has 1 aliphatic carbocycles. The second-order valence-corrected chi connectivity index (χ2v) is 4.78. The third-order valence-corrected chi connectivity index (χ3v) is 4.37. The Morgan fingerprint density at radius 1 is 1.53 bits per heavy atom. The van der Waals surface area contributed by atoms with Gasteiger partial charge in [0.15, 0.2) is 0 Å². The largest absolute Gasteiger partial charge is 0.327 e. The highest BCUT2D eigenvalue weighted by molar-refractivity contribution is 5.24. The van der Waals surface area contributed by atoms with Gasteiger partial charge in [-0.15, -0.1) is 0 Å². The van der Waals surface area contributed by atoms with Gasteiger partial charge in [0.05, 0.1) is 6.20 Å². The van der Waals surface area contributed by atoms with Crippen LogP contribution in [-0.4, -0.2) is 15.8 Å². The predicted octanol–water partition coefficient (Wildman–Crippen LogP) is 2.04. The summed E-state index contributed by atoms with van der Waals surface area (Å²) < 4.78 is 1.88. The van der Waals surface area contributed by atoms with Crippen LogP contribution in [0, 0.1) is 5.41 Å². The van der Waals surface area contributed by atoms with Crippen LogP contribution in [0.3, 0.4) is 0 Å². The molecule has 2 N–H and O–H groups in total. The average Bonchev–Trinajstić information content (AvgIpc) is 2.63. The maximum atomic E-state index is 6.19. The van der Waals surface area contributed by atoms with E-state index in [2.05, 4.69) is 25.1 Å². The predicted molar refractivity (Wildman–Crippen MR) is 61.6 cm³/mol. The van der Waals surface area contributed by atoms with Crippen molar-refractivity contribution >= 4 is 0 Å². The Labute approximate surface area is 91.7 Å². The molecule has 1 saturated carbocycles. The van der Waals surface area contributed by atoms with Gasteiger partial charge < -0.3 is 5.73 Å². The van der Waals surface area contributed by atoms with Gasteiger partial charge in [-0.3, -0.25) is 4.68 Å². The van der Waals surface area contributed by atoms with Gasteiger partial charge in [0.2, 0.25) is 0 Å². The van der Waals surface area contributed by atoms with Gasteiger partial charge in [-0.1, -0.05) is 13.8 Å². The van der Waals surface area contributed by atoms with Crippen LogP contribution in [0.25, 0.3) is 0 Å². The van der Waals surface area contributed by atoms with Crippen LogP contribution in [0.15, 0.2) is 12.4 Å². The molecule has 0 aromatic carbocycles. The van der Waals surface area contributed by atoms with Crippen molar-refractivity contribution in [2.45, 2.75) is 45.1 Å². The van der Waals surface area contributed by atoms with Gasteiger partial charge in [0.1, 0.15) is 0 Å². The van der Waals surface area contributed by atoms with Crippen molar-refractivity contribution in [3.63, 3.8) is 0 Å². The average molecular weight is 207 g/mol. The highest BCUT2D eigenvalue weighted by Gasteiger charge is 2.51. The first-order valence-corrected chi connectivity index (χ1v) is 5.88. The summed E-state index contributed by atoms with van der Waals surface area (Å²) in [5.74, 6) is 0.621. The zero-order valence-electron chi connectivity index (χ0n) is 9.90. The van der Waals surface area contributed by atoms with Crippen molar-refractivity contribution in [2.24, 2.45) is 18.2 Å². The lowest BCUT2D eigenvalue weighted by Gasteiger charge is -2.54. The maximum absolute atomic E-state index is 6.19. The Morgan fingerprint density at radius 3 is 2.60 bits per heavy atom. The van der Waals surface area contributed by atoms with E-state index in [1.807, 2.05) is 17.9 Å². The Balaban J connectivity index is 2.25. The van der Waals surface area contributed by atoms with Crippen molar-refractivity contribution in [1.29, 1.82) is 0 Å². The molecule has 3 nitrogen and oxygen atoms in total. The first kappa shape index (κ1) is 10.7. The van der Waals surface area contributed by atoms with E-state index in [0.29, 0.717) is 17.4 Å². The quantitative estimate of drug-likeness (QED) is 0.824. The number of aromatic nitrogens is 2. The van der Waals surface area contributed by atoms with E-state index < -0.39 is 0 Å². The van der Waals surface area contributed by atoms with E-state index in [0.717, 1.165) is 6.42 Å². The van der Waals surface area contributed by atoms with Crippen molar-refractivity contribution in [3.8, 4) is 0 Å². The molecule has 0 saturated heterocycles. The second kappa shape index (κ2) is 3.63. The van der Waals surface area contributed by atoms with E-state index in [4.69, 9.17) is 5.73 Å². The highest BCUT2D eigenvalue weighted by Crippen LogP contribution is 2.56. The molecule has 1 aromatic rings. The zero-order chi connectivity index (χ0) is 11.1. The highest BCUT2D eigenvalue weighted by atomic mass is 15.2. The van der Waals surface area contributed by atoms with Gasteiger partial charge in [0, 0.05) is 19.3 Å². The van der Waals surface area contributed by atoms with Crippen LogP contribution in [0.1, 0.15) is 44.6 Å². The fourth-order valence-corrected chi connectivity index (χ4v) is 3.18. The first-order valence-electron chi connectivity index (χ1n) is 5.88. The van der Waals surface area contributed by atoms with Crippen LogP contribution in [-0.2, 0) is 7.05 Å². The van der Waals surface area contributed by atoms with E-state index in [1.54, 1.807) is 0 Å². The first-order chi connectivity index (χ1) is 7.14. The molecule has 0 amide bonds. The van der Waals surface area contributed by atoms with E-state index in [9.17, 15) is 0 Å². The number of hydrogen-bond donors (Lipinski definition) is 1. The summed E-state index contributed by atoms with van der Waals surface area (Å²) >= 11 is 0. The van der Waals surface area contributed by atoms with Gasteiger partial charge in [-0.25, -0.2) is 0 Å². The number of aryl methyl sites for hydroxylation is 1. The molecule has 1 aliphatic rings. The summed E-state index contributed by atoms with van der Waals surface area (Å²) in [6.45, 7) is 4.51. The minimum atomic E-state index is 0.322. The van der Waals surface area contributed by atoms with Crippen molar-refractivity contribution in [2.75, 3.05) is 0 Å². The van der Waals surface area contributed by atoms with E-state index >= 15 is 0 Å². The summed E-state index contributed by atoms with van der Waals surface area (Å²) in [7, 11) is 1.97. The molecule has 2 unspecified atom stereocenters. The van der Waals surface area contributed by atoms with Gasteiger partial charge in [-0.05, 0) is 36.2 Å². The summed E-state index contributed by atoms with van der Waals surface area (Å²) in [6, 6.07) is 0.373. The standard InChI is InChI=1S/C12H21N3/c1-4-12(5-2)10(6-11(12)13)9-7-14-15(3)8-9/h7-8,10-11H,4-6,13H2,1-3H3. The minimum Gasteiger partial charge on any atom is -0.327 e. The monoisotopic (exact) mass is 207 g/mol. The second-order valence-electron chi connectivity index (χ2n) is 4.78. The molecule has 0 aliphatic heterocycles. The van der Waals surface area contributed by atoms with Crippen molar-refractivity contribution in [1.82, 2.24) is 9.78 Å². The molecule has 84 valence electrons. The summed E-state index contributed by atoms with van der Waals surface area (Å²) in [5, 5.41) is 4.25. The lowest BCUT2D eigenvalue weighted by atomic mass is 9.52. The van der Waals surface area contributed by atoms with Crippen LogP contribution < -0.4 is 5.73 Å². The van der Waals surface area contributed by atoms with Crippen LogP contribution in [0.2, 0.25) is 0 Å². The van der Waals surface area contributed by atoms with Gasteiger partial charge in [-0.2, -0.15) is 5.10 Å². The molecule has 1 fully saturated rings. The molecule has 0 bridgehead atoms. The Morgan fingerprint density at radius 2 is 2.20 bits per heavy atom. The molecule has 1 heterocycles. The topological polar surface area (TPSA) is 43.8 Å². The summed E-state index contributed by atoms with van der Waals surface area (Å²) in [4.78, 5) is 0. The molecule has 0 spiro atoms. The van der Waals surface area contributed by atoms with Crippen molar-refractivity contribution in [3.05, 3.63) is 18.0 Å². The summed E-state index contributed by atoms with van der Waals surface area (Å²) in [5.41, 5.74) is 7.87. The van der Waals surface area contributed by atoms with Crippen LogP contribution in [0.4, 0.5) is 0 Å². The van der Waals surface area contributed by atoms with Crippen LogP contribution >= 0.6 is 0 Å². The van der Waals surface area contributed by atoms with Gasteiger partial charge in [0.25, 0.3) is 0 Å².